The Bertz CT molecular complexity index is 231. The van der Waals surface area contributed by atoms with Crippen molar-refractivity contribution in [2.75, 3.05) is 6.61 Å². The first-order valence-electron chi connectivity index (χ1n) is 5.98. The zero-order valence-electron chi connectivity index (χ0n) is 9.87. The van der Waals surface area contributed by atoms with Crippen molar-refractivity contribution in [2.45, 2.75) is 46.0 Å². The largest absolute Gasteiger partial charge is 0.492 e. The fourth-order valence-electron chi connectivity index (χ4n) is 1.58. The van der Waals surface area contributed by atoms with E-state index in [-0.39, 0.29) is 0 Å². The van der Waals surface area contributed by atoms with Crippen molar-refractivity contribution >= 4 is 11.3 Å². The zero-order chi connectivity index (χ0) is 10.9. The predicted octanol–water partition coefficient (Wildman–Crippen LogP) is 4.73. The zero-order valence-corrected chi connectivity index (χ0v) is 10.7. The highest BCUT2D eigenvalue weighted by Crippen LogP contribution is 2.17. The molecular weight excluding hydrogens is 204 g/mol. The molecule has 0 saturated carbocycles. The van der Waals surface area contributed by atoms with Crippen LogP contribution in [-0.2, 0) is 0 Å². The highest BCUT2D eigenvalue weighted by atomic mass is 32.1. The van der Waals surface area contributed by atoms with Crippen LogP contribution >= 0.6 is 11.3 Å². The highest BCUT2D eigenvalue weighted by Gasteiger charge is 2.03. The Hall–Kier alpha value is -0.500. The number of hydrogen-bond acceptors (Lipinski definition) is 2. The molecule has 0 aliphatic heterocycles. The topological polar surface area (TPSA) is 9.23 Å². The smallest absolute Gasteiger partial charge is 0.129 e. The lowest BCUT2D eigenvalue weighted by molar-refractivity contribution is 0.250. The Morgan fingerprint density at radius 3 is 2.87 bits per heavy atom. The molecule has 1 unspecified atom stereocenters. The third-order valence-electron chi connectivity index (χ3n) is 2.58. The second-order valence-corrected chi connectivity index (χ2v) is 5.00. The Morgan fingerprint density at radius 1 is 1.33 bits per heavy atom. The molecule has 1 heterocycles. The third kappa shape index (κ3) is 5.83. The lowest BCUT2D eigenvalue weighted by Crippen LogP contribution is -2.08. The first-order chi connectivity index (χ1) is 7.33. The highest BCUT2D eigenvalue weighted by molar-refractivity contribution is 7.08. The van der Waals surface area contributed by atoms with Gasteiger partial charge in [-0.15, -0.1) is 11.3 Å². The van der Waals surface area contributed by atoms with Gasteiger partial charge in [-0.05, 0) is 23.8 Å². The molecule has 0 spiro atoms. The van der Waals surface area contributed by atoms with Gasteiger partial charge < -0.3 is 4.74 Å². The molecular formula is C13H22OS. The summed E-state index contributed by atoms with van der Waals surface area (Å²) in [5.41, 5.74) is 0. The van der Waals surface area contributed by atoms with E-state index >= 15 is 0 Å². The average Bonchev–Trinajstić information content (AvgIpc) is 2.74. The van der Waals surface area contributed by atoms with Crippen LogP contribution in [0.15, 0.2) is 16.8 Å². The van der Waals surface area contributed by atoms with Gasteiger partial charge in [-0.25, -0.2) is 0 Å². The number of thiophene rings is 1. The van der Waals surface area contributed by atoms with Gasteiger partial charge in [-0.2, -0.15) is 0 Å². The molecule has 1 aromatic heterocycles. The van der Waals surface area contributed by atoms with Crippen LogP contribution in [0.25, 0.3) is 0 Å². The summed E-state index contributed by atoms with van der Waals surface area (Å²) in [6, 6.07) is 2.04. The quantitative estimate of drug-likeness (QED) is 0.582. The minimum absolute atomic E-state index is 0.682. The van der Waals surface area contributed by atoms with E-state index in [1.165, 1.54) is 32.1 Å². The van der Waals surface area contributed by atoms with E-state index in [0.717, 1.165) is 12.4 Å². The monoisotopic (exact) mass is 226 g/mol. The Balaban J connectivity index is 2.01. The SMILES string of the molecule is CCCCCCC(C)COc1ccsc1. The molecule has 0 bridgehead atoms. The Morgan fingerprint density at radius 2 is 2.20 bits per heavy atom. The summed E-state index contributed by atoms with van der Waals surface area (Å²) in [5, 5.41) is 4.12. The average molecular weight is 226 g/mol. The maximum absolute atomic E-state index is 5.68. The normalized spacial score (nSPS) is 12.7. The van der Waals surface area contributed by atoms with Crippen molar-refractivity contribution in [3.63, 3.8) is 0 Å². The van der Waals surface area contributed by atoms with E-state index in [2.05, 4.69) is 24.6 Å². The van der Waals surface area contributed by atoms with Crippen molar-refractivity contribution in [3.8, 4) is 5.75 Å². The molecule has 1 rings (SSSR count). The van der Waals surface area contributed by atoms with Crippen LogP contribution < -0.4 is 4.74 Å². The molecule has 0 amide bonds. The summed E-state index contributed by atoms with van der Waals surface area (Å²) < 4.78 is 5.68. The molecule has 0 aliphatic carbocycles. The summed E-state index contributed by atoms with van der Waals surface area (Å²) in [6.45, 7) is 5.39. The van der Waals surface area contributed by atoms with Crippen molar-refractivity contribution in [1.29, 1.82) is 0 Å². The van der Waals surface area contributed by atoms with Gasteiger partial charge in [-0.1, -0.05) is 39.5 Å². The summed E-state index contributed by atoms with van der Waals surface area (Å²) in [7, 11) is 0. The second-order valence-electron chi connectivity index (χ2n) is 4.22. The van der Waals surface area contributed by atoms with Crippen LogP contribution in [0.3, 0.4) is 0 Å². The fourth-order valence-corrected chi connectivity index (χ4v) is 2.15. The number of unbranched alkanes of at least 4 members (excludes halogenated alkanes) is 3. The van der Waals surface area contributed by atoms with Gasteiger partial charge in [0, 0.05) is 5.38 Å². The molecule has 86 valence electrons. The van der Waals surface area contributed by atoms with E-state index < -0.39 is 0 Å². The predicted molar refractivity (Wildman–Crippen MR) is 67.7 cm³/mol. The Labute approximate surface area is 97.5 Å². The van der Waals surface area contributed by atoms with Gasteiger partial charge >= 0.3 is 0 Å². The second kappa shape index (κ2) is 7.75. The third-order valence-corrected chi connectivity index (χ3v) is 3.24. The van der Waals surface area contributed by atoms with E-state index in [1.807, 2.05) is 6.07 Å². The van der Waals surface area contributed by atoms with Gasteiger partial charge in [0.2, 0.25) is 0 Å². The molecule has 0 aromatic carbocycles. The lowest BCUT2D eigenvalue weighted by atomic mass is 10.0. The van der Waals surface area contributed by atoms with Gasteiger partial charge in [0.15, 0.2) is 0 Å². The molecule has 15 heavy (non-hydrogen) atoms. The van der Waals surface area contributed by atoms with Crippen molar-refractivity contribution in [1.82, 2.24) is 0 Å². The van der Waals surface area contributed by atoms with Crippen LogP contribution in [0, 0.1) is 5.92 Å². The standard InChI is InChI=1S/C13H22OS/c1-3-4-5-6-7-12(2)10-14-13-8-9-15-11-13/h8-9,11-12H,3-7,10H2,1-2H3. The molecule has 0 aliphatic rings. The first kappa shape index (κ1) is 12.6. The molecule has 1 nitrogen and oxygen atoms in total. The molecule has 0 radical (unpaired) electrons. The van der Waals surface area contributed by atoms with Crippen LogP contribution in [0.1, 0.15) is 46.0 Å². The maximum Gasteiger partial charge on any atom is 0.129 e. The van der Waals surface area contributed by atoms with E-state index in [0.29, 0.717) is 5.92 Å². The van der Waals surface area contributed by atoms with Crippen LogP contribution in [0.4, 0.5) is 0 Å². The summed E-state index contributed by atoms with van der Waals surface area (Å²) in [5.74, 6) is 1.71. The molecule has 2 heteroatoms. The summed E-state index contributed by atoms with van der Waals surface area (Å²) in [6.07, 6.45) is 6.71. The number of ether oxygens (including phenoxy) is 1. The minimum Gasteiger partial charge on any atom is -0.492 e. The summed E-state index contributed by atoms with van der Waals surface area (Å²) >= 11 is 1.69. The molecule has 1 atom stereocenters. The fraction of sp³-hybridized carbons (Fsp3) is 0.692. The van der Waals surface area contributed by atoms with E-state index in [1.54, 1.807) is 11.3 Å². The van der Waals surface area contributed by atoms with E-state index in [4.69, 9.17) is 4.74 Å². The van der Waals surface area contributed by atoms with Gasteiger partial charge in [0.1, 0.15) is 5.75 Å². The number of hydrogen-bond donors (Lipinski definition) is 0. The van der Waals surface area contributed by atoms with Crippen LogP contribution in [-0.4, -0.2) is 6.61 Å². The van der Waals surface area contributed by atoms with Crippen molar-refractivity contribution < 1.29 is 4.74 Å². The molecule has 1 aromatic rings. The number of rotatable bonds is 8. The van der Waals surface area contributed by atoms with Crippen LogP contribution in [0.2, 0.25) is 0 Å². The van der Waals surface area contributed by atoms with Crippen molar-refractivity contribution in [3.05, 3.63) is 16.8 Å². The molecule has 0 N–H and O–H groups in total. The maximum atomic E-state index is 5.68. The van der Waals surface area contributed by atoms with E-state index in [9.17, 15) is 0 Å². The lowest BCUT2D eigenvalue weighted by Gasteiger charge is -2.11. The molecule has 0 saturated heterocycles. The molecule has 0 fully saturated rings. The first-order valence-corrected chi connectivity index (χ1v) is 6.92. The Kier molecular flexibility index (Phi) is 6.49. The van der Waals surface area contributed by atoms with Gasteiger partial charge in [-0.3, -0.25) is 0 Å². The summed E-state index contributed by atoms with van der Waals surface area (Å²) in [4.78, 5) is 0. The van der Waals surface area contributed by atoms with Gasteiger partial charge in [0.25, 0.3) is 0 Å². The van der Waals surface area contributed by atoms with Crippen LogP contribution in [0.5, 0.6) is 5.75 Å². The van der Waals surface area contributed by atoms with Gasteiger partial charge in [0.05, 0.1) is 6.61 Å². The minimum atomic E-state index is 0.682. The van der Waals surface area contributed by atoms with Crippen molar-refractivity contribution in [2.24, 2.45) is 5.92 Å².